The average molecular weight is 494 g/mol. The summed E-state index contributed by atoms with van der Waals surface area (Å²) in [5.74, 6) is -3.44. The first-order chi connectivity index (χ1) is 17.3. The fourth-order valence-corrected chi connectivity index (χ4v) is 5.43. The van der Waals surface area contributed by atoms with Crippen molar-refractivity contribution in [2.75, 3.05) is 50.8 Å². The van der Waals surface area contributed by atoms with E-state index >= 15 is 0 Å². The first kappa shape index (κ1) is 24.1. The fraction of sp³-hybridized carbons (Fsp3) is 0.370. The lowest BCUT2D eigenvalue weighted by molar-refractivity contribution is -0.144. The molecule has 2 saturated heterocycles. The zero-order valence-corrected chi connectivity index (χ0v) is 20.3. The number of para-hydroxylation sites is 1. The van der Waals surface area contributed by atoms with Crippen molar-refractivity contribution >= 4 is 29.0 Å². The average Bonchev–Trinajstić information content (AvgIpc) is 3.27. The second-order valence-electron chi connectivity index (χ2n) is 9.20. The number of Topliss-reactive ketones (excluding diaryl/α,β-unsaturated/α-hetero) is 1. The van der Waals surface area contributed by atoms with Gasteiger partial charge in [0.25, 0.3) is 17.6 Å². The van der Waals surface area contributed by atoms with Gasteiger partial charge in [-0.2, -0.15) is 0 Å². The molecule has 0 radical (unpaired) electrons. The van der Waals surface area contributed by atoms with Crippen molar-refractivity contribution in [1.82, 2.24) is 9.80 Å². The van der Waals surface area contributed by atoms with Crippen LogP contribution in [-0.4, -0.2) is 78.4 Å². The highest BCUT2D eigenvalue weighted by molar-refractivity contribution is 6.50. The van der Waals surface area contributed by atoms with E-state index in [1.54, 1.807) is 31.2 Å². The third kappa shape index (κ3) is 3.45. The number of fused-ring (bicyclic) bond motifs is 2. The molecule has 2 aromatic rings. The van der Waals surface area contributed by atoms with Gasteiger partial charge < -0.3 is 19.6 Å². The number of hydrogen-bond donors (Lipinski definition) is 1. The molecule has 36 heavy (non-hydrogen) atoms. The van der Waals surface area contributed by atoms with Crippen molar-refractivity contribution in [1.29, 1.82) is 0 Å². The quantitative estimate of drug-likeness (QED) is 0.391. The minimum absolute atomic E-state index is 0.0314. The number of morpholine rings is 1. The standard InChI is InChI=1S/C27H28FN3O5/c1-3-30-21-7-5-4-6-19(21)27(26(30)35)22(23(32)18-9-8-17(2)20(28)16-18)24(33)25(34)31(27)11-10-29-12-14-36-15-13-29/h4-9,16,32H,3,10-15H2,1-2H3/b23-22+. The van der Waals surface area contributed by atoms with Gasteiger partial charge in [-0.25, -0.2) is 4.39 Å². The van der Waals surface area contributed by atoms with E-state index in [1.807, 2.05) is 6.92 Å². The molecular formula is C27H28FN3O5. The summed E-state index contributed by atoms with van der Waals surface area (Å²) < 4.78 is 19.8. The number of rotatable bonds is 5. The number of aliphatic hydroxyl groups is 1. The number of hydrogen-bond acceptors (Lipinski definition) is 6. The molecule has 1 spiro atoms. The van der Waals surface area contributed by atoms with Crippen LogP contribution >= 0.6 is 0 Å². The number of ether oxygens (including phenoxy) is 1. The minimum atomic E-state index is -1.83. The van der Waals surface area contributed by atoms with Crippen LogP contribution in [0.25, 0.3) is 5.76 Å². The molecule has 3 aliphatic heterocycles. The zero-order valence-electron chi connectivity index (χ0n) is 20.3. The van der Waals surface area contributed by atoms with E-state index in [4.69, 9.17) is 4.74 Å². The maximum absolute atomic E-state index is 14.4. The summed E-state index contributed by atoms with van der Waals surface area (Å²) in [6.07, 6.45) is 0. The van der Waals surface area contributed by atoms with Gasteiger partial charge in [-0.05, 0) is 31.5 Å². The predicted octanol–water partition coefficient (Wildman–Crippen LogP) is 2.41. The van der Waals surface area contributed by atoms with Gasteiger partial charge in [0.05, 0.1) is 24.5 Å². The Kier molecular flexibility index (Phi) is 6.13. The Balaban J connectivity index is 1.72. The smallest absolute Gasteiger partial charge is 0.296 e. The van der Waals surface area contributed by atoms with Crippen molar-refractivity contribution in [3.8, 4) is 0 Å². The van der Waals surface area contributed by atoms with E-state index in [0.29, 0.717) is 56.2 Å². The predicted molar refractivity (Wildman–Crippen MR) is 131 cm³/mol. The number of anilines is 1. The molecular weight excluding hydrogens is 465 g/mol. The molecule has 1 atom stereocenters. The van der Waals surface area contributed by atoms with Gasteiger partial charge in [0.2, 0.25) is 0 Å². The number of amides is 2. The first-order valence-electron chi connectivity index (χ1n) is 12.1. The van der Waals surface area contributed by atoms with Crippen LogP contribution in [0.2, 0.25) is 0 Å². The van der Waals surface area contributed by atoms with Gasteiger partial charge >= 0.3 is 0 Å². The molecule has 8 nitrogen and oxygen atoms in total. The largest absolute Gasteiger partial charge is 0.507 e. The van der Waals surface area contributed by atoms with Crippen molar-refractivity contribution in [2.24, 2.45) is 0 Å². The maximum atomic E-state index is 14.4. The summed E-state index contributed by atoms with van der Waals surface area (Å²) in [5, 5.41) is 11.4. The van der Waals surface area contributed by atoms with Crippen molar-refractivity contribution in [2.45, 2.75) is 19.4 Å². The second-order valence-corrected chi connectivity index (χ2v) is 9.20. The van der Waals surface area contributed by atoms with Gasteiger partial charge in [-0.15, -0.1) is 0 Å². The number of carbonyl (C=O) groups is 3. The van der Waals surface area contributed by atoms with E-state index in [-0.39, 0.29) is 17.7 Å². The number of carbonyl (C=O) groups excluding carboxylic acids is 3. The Labute approximate surface area is 208 Å². The Morgan fingerprint density at radius 1 is 1.08 bits per heavy atom. The third-order valence-electron chi connectivity index (χ3n) is 7.31. The molecule has 0 saturated carbocycles. The van der Waals surface area contributed by atoms with Crippen LogP contribution in [0, 0.1) is 12.7 Å². The Hall–Kier alpha value is -3.56. The fourth-order valence-electron chi connectivity index (χ4n) is 5.43. The van der Waals surface area contributed by atoms with Crippen LogP contribution in [0.3, 0.4) is 0 Å². The van der Waals surface area contributed by atoms with Crippen LogP contribution in [-0.2, 0) is 24.7 Å². The van der Waals surface area contributed by atoms with Crippen molar-refractivity contribution in [3.63, 3.8) is 0 Å². The van der Waals surface area contributed by atoms with E-state index in [1.165, 1.54) is 21.9 Å². The molecule has 9 heteroatoms. The summed E-state index contributed by atoms with van der Waals surface area (Å²) >= 11 is 0. The van der Waals surface area contributed by atoms with Crippen LogP contribution < -0.4 is 4.90 Å². The lowest BCUT2D eigenvalue weighted by Gasteiger charge is -2.36. The van der Waals surface area contributed by atoms with E-state index in [9.17, 15) is 23.9 Å². The number of likely N-dealkylation sites (N-methyl/N-ethyl adjacent to an activating group) is 1. The van der Waals surface area contributed by atoms with Crippen molar-refractivity contribution < 1.29 is 28.6 Å². The molecule has 3 heterocycles. The number of halogens is 1. The molecule has 188 valence electrons. The summed E-state index contributed by atoms with van der Waals surface area (Å²) in [6, 6.07) is 11.1. The SMILES string of the molecule is CCN1C(=O)C2(/C(=C(/O)c3ccc(C)c(F)c3)C(=O)C(=O)N2CCN2CCOCC2)c2ccccc21. The van der Waals surface area contributed by atoms with Crippen LogP contribution in [0.5, 0.6) is 0 Å². The Morgan fingerprint density at radius 3 is 2.50 bits per heavy atom. The number of ketones is 1. The maximum Gasteiger partial charge on any atom is 0.296 e. The zero-order chi connectivity index (χ0) is 25.6. The Morgan fingerprint density at radius 2 is 1.81 bits per heavy atom. The lowest BCUT2D eigenvalue weighted by atomic mass is 9.82. The number of benzene rings is 2. The minimum Gasteiger partial charge on any atom is -0.507 e. The highest BCUT2D eigenvalue weighted by atomic mass is 19.1. The first-order valence-corrected chi connectivity index (χ1v) is 12.1. The monoisotopic (exact) mass is 493 g/mol. The molecule has 0 aliphatic carbocycles. The third-order valence-corrected chi connectivity index (χ3v) is 7.31. The van der Waals surface area contributed by atoms with Gasteiger partial charge in [-0.1, -0.05) is 30.3 Å². The second kappa shape index (κ2) is 9.15. The molecule has 1 N–H and O–H groups in total. The molecule has 2 aromatic carbocycles. The van der Waals surface area contributed by atoms with Crippen LogP contribution in [0.4, 0.5) is 10.1 Å². The highest BCUT2D eigenvalue weighted by Crippen LogP contribution is 2.53. The number of likely N-dealkylation sites (tertiary alicyclic amines) is 1. The van der Waals surface area contributed by atoms with Gasteiger partial charge in [0.1, 0.15) is 11.6 Å². The summed E-state index contributed by atoms with van der Waals surface area (Å²) in [7, 11) is 0. The number of aryl methyl sites for hydroxylation is 1. The number of nitrogens with zero attached hydrogens (tertiary/aromatic N) is 3. The van der Waals surface area contributed by atoms with Gasteiger partial charge in [0, 0.05) is 43.9 Å². The topological polar surface area (TPSA) is 90.4 Å². The normalized spacial score (nSPS) is 23.7. The lowest BCUT2D eigenvalue weighted by Crippen LogP contribution is -2.54. The van der Waals surface area contributed by atoms with E-state index < -0.39 is 34.7 Å². The van der Waals surface area contributed by atoms with Crippen LogP contribution in [0.1, 0.15) is 23.6 Å². The van der Waals surface area contributed by atoms with Crippen LogP contribution in [0.15, 0.2) is 48.0 Å². The van der Waals surface area contributed by atoms with Gasteiger partial charge in [-0.3, -0.25) is 19.3 Å². The molecule has 0 aromatic heterocycles. The summed E-state index contributed by atoms with van der Waals surface area (Å²) in [6.45, 7) is 6.70. The Bertz CT molecular complexity index is 1290. The molecule has 1 unspecified atom stereocenters. The summed E-state index contributed by atoms with van der Waals surface area (Å²) in [5.41, 5.74) is -0.739. The van der Waals surface area contributed by atoms with E-state index in [0.717, 1.165) is 6.07 Å². The molecule has 5 rings (SSSR count). The highest BCUT2D eigenvalue weighted by Gasteiger charge is 2.66. The van der Waals surface area contributed by atoms with E-state index in [2.05, 4.69) is 4.90 Å². The molecule has 2 fully saturated rings. The summed E-state index contributed by atoms with van der Waals surface area (Å²) in [4.78, 5) is 46.1. The molecule has 3 aliphatic rings. The van der Waals surface area contributed by atoms with Crippen molar-refractivity contribution in [3.05, 3.63) is 70.5 Å². The number of aliphatic hydroxyl groups excluding tert-OH is 1. The van der Waals surface area contributed by atoms with Gasteiger partial charge in [0.15, 0.2) is 5.54 Å². The molecule has 2 amide bonds. The molecule has 0 bridgehead atoms.